The molecule has 0 saturated carbocycles. The van der Waals surface area contributed by atoms with Gasteiger partial charge in [-0.15, -0.1) is 0 Å². The Morgan fingerprint density at radius 1 is 1.28 bits per heavy atom. The van der Waals surface area contributed by atoms with Crippen molar-refractivity contribution in [2.24, 2.45) is 0 Å². The molecule has 1 amide bonds. The van der Waals surface area contributed by atoms with Gasteiger partial charge in [0.25, 0.3) is 0 Å². The Hall–Kier alpha value is -1.17. The molecule has 0 aliphatic carbocycles. The molecule has 1 fully saturated rings. The fourth-order valence-electron chi connectivity index (χ4n) is 2.14. The van der Waals surface area contributed by atoms with Gasteiger partial charge in [-0.2, -0.15) is 0 Å². The van der Waals surface area contributed by atoms with Gasteiger partial charge in [-0.05, 0) is 29.3 Å². The lowest BCUT2D eigenvalue weighted by molar-refractivity contribution is -0.128. The fourth-order valence-corrected chi connectivity index (χ4v) is 2.60. The molecule has 2 heterocycles. The second kappa shape index (κ2) is 5.65. The number of hydrogen-bond acceptors (Lipinski definition) is 4. The Bertz CT molecular complexity index is 431. The minimum absolute atomic E-state index is 0.150. The van der Waals surface area contributed by atoms with Crippen LogP contribution in [-0.4, -0.2) is 47.0 Å². The van der Waals surface area contributed by atoms with Crippen molar-refractivity contribution in [2.45, 2.75) is 20.3 Å². The molecule has 1 aliphatic heterocycles. The van der Waals surface area contributed by atoms with Crippen LogP contribution in [0.4, 0.5) is 5.82 Å². The molecular weight excluding hydrogens is 296 g/mol. The van der Waals surface area contributed by atoms with Crippen molar-refractivity contribution in [3.8, 4) is 0 Å². The first-order valence-electron chi connectivity index (χ1n) is 6.08. The molecule has 0 radical (unpaired) electrons. The zero-order chi connectivity index (χ0) is 13.1. The zero-order valence-electron chi connectivity index (χ0n) is 10.7. The van der Waals surface area contributed by atoms with E-state index in [1.54, 1.807) is 6.92 Å². The fraction of sp³-hybridized carbons (Fsp3) is 0.583. The molecule has 2 rings (SSSR count). The SMILES string of the molecule is CC(=O)N1CCCN(c2cc(Br)nc(C)n2)CC1. The number of carbonyl (C=O) groups is 1. The highest BCUT2D eigenvalue weighted by Crippen LogP contribution is 2.18. The van der Waals surface area contributed by atoms with E-state index in [0.29, 0.717) is 0 Å². The molecule has 1 aliphatic rings. The average molecular weight is 313 g/mol. The van der Waals surface area contributed by atoms with E-state index in [9.17, 15) is 4.79 Å². The van der Waals surface area contributed by atoms with Gasteiger partial charge in [0.2, 0.25) is 5.91 Å². The summed E-state index contributed by atoms with van der Waals surface area (Å²) in [7, 11) is 0. The van der Waals surface area contributed by atoms with Crippen LogP contribution in [-0.2, 0) is 4.79 Å². The summed E-state index contributed by atoms with van der Waals surface area (Å²) in [5.41, 5.74) is 0. The van der Waals surface area contributed by atoms with Crippen LogP contribution in [0.2, 0.25) is 0 Å². The number of amides is 1. The molecule has 5 nitrogen and oxygen atoms in total. The highest BCUT2D eigenvalue weighted by Gasteiger charge is 2.18. The van der Waals surface area contributed by atoms with Crippen molar-refractivity contribution >= 4 is 27.7 Å². The number of aryl methyl sites for hydroxylation is 1. The lowest BCUT2D eigenvalue weighted by Gasteiger charge is -2.22. The van der Waals surface area contributed by atoms with E-state index in [-0.39, 0.29) is 5.91 Å². The quantitative estimate of drug-likeness (QED) is 0.739. The van der Waals surface area contributed by atoms with E-state index in [1.165, 1.54) is 0 Å². The predicted molar refractivity (Wildman–Crippen MR) is 73.6 cm³/mol. The highest BCUT2D eigenvalue weighted by atomic mass is 79.9. The summed E-state index contributed by atoms with van der Waals surface area (Å²) in [6.45, 7) is 6.84. The Labute approximate surface area is 115 Å². The topological polar surface area (TPSA) is 49.3 Å². The second-order valence-corrected chi connectivity index (χ2v) is 5.26. The predicted octanol–water partition coefficient (Wildman–Crippen LogP) is 1.61. The van der Waals surface area contributed by atoms with Gasteiger partial charge in [0.1, 0.15) is 16.2 Å². The number of aromatic nitrogens is 2. The summed E-state index contributed by atoms with van der Waals surface area (Å²) in [6, 6.07) is 1.93. The Morgan fingerprint density at radius 3 is 2.72 bits per heavy atom. The summed E-state index contributed by atoms with van der Waals surface area (Å²) in [5, 5.41) is 0. The van der Waals surface area contributed by atoms with Crippen molar-refractivity contribution in [3.63, 3.8) is 0 Å². The molecule has 6 heteroatoms. The van der Waals surface area contributed by atoms with Gasteiger partial charge in [0, 0.05) is 39.2 Å². The van der Waals surface area contributed by atoms with E-state index >= 15 is 0 Å². The van der Waals surface area contributed by atoms with E-state index in [2.05, 4.69) is 30.8 Å². The van der Waals surface area contributed by atoms with Gasteiger partial charge in [0.15, 0.2) is 0 Å². The van der Waals surface area contributed by atoms with Gasteiger partial charge in [0.05, 0.1) is 0 Å². The highest BCUT2D eigenvalue weighted by molar-refractivity contribution is 9.10. The third-order valence-corrected chi connectivity index (χ3v) is 3.46. The van der Waals surface area contributed by atoms with E-state index < -0.39 is 0 Å². The standard InChI is InChI=1S/C12H17BrN4O/c1-9-14-11(13)8-12(15-9)17-5-3-4-16(6-7-17)10(2)18/h8H,3-7H2,1-2H3. The normalized spacial score (nSPS) is 16.6. The molecule has 1 aromatic rings. The summed E-state index contributed by atoms with van der Waals surface area (Å²) in [6.07, 6.45) is 0.972. The Kier molecular flexibility index (Phi) is 4.16. The monoisotopic (exact) mass is 312 g/mol. The largest absolute Gasteiger partial charge is 0.355 e. The van der Waals surface area contributed by atoms with Crippen molar-refractivity contribution in [3.05, 3.63) is 16.5 Å². The van der Waals surface area contributed by atoms with Gasteiger partial charge >= 0.3 is 0 Å². The van der Waals surface area contributed by atoms with Gasteiger partial charge in [-0.3, -0.25) is 4.79 Å². The van der Waals surface area contributed by atoms with E-state index in [1.807, 2.05) is 17.9 Å². The molecule has 1 aromatic heterocycles. The molecule has 1 saturated heterocycles. The first-order chi connectivity index (χ1) is 8.56. The van der Waals surface area contributed by atoms with Crippen molar-refractivity contribution in [2.75, 3.05) is 31.1 Å². The molecule has 0 unspecified atom stereocenters. The smallest absolute Gasteiger partial charge is 0.219 e. The summed E-state index contributed by atoms with van der Waals surface area (Å²) in [5.74, 6) is 1.84. The lowest BCUT2D eigenvalue weighted by Crippen LogP contribution is -2.33. The first kappa shape index (κ1) is 13.3. The molecule has 0 bridgehead atoms. The van der Waals surface area contributed by atoms with Crippen LogP contribution in [0.1, 0.15) is 19.2 Å². The number of halogens is 1. The minimum atomic E-state index is 0.150. The number of anilines is 1. The van der Waals surface area contributed by atoms with Crippen LogP contribution in [0.5, 0.6) is 0 Å². The third kappa shape index (κ3) is 3.19. The van der Waals surface area contributed by atoms with Crippen LogP contribution >= 0.6 is 15.9 Å². The number of hydrogen-bond donors (Lipinski definition) is 0. The number of rotatable bonds is 1. The van der Waals surface area contributed by atoms with Crippen LogP contribution in [0.25, 0.3) is 0 Å². The summed E-state index contributed by atoms with van der Waals surface area (Å²) < 4.78 is 0.803. The van der Waals surface area contributed by atoms with E-state index in [4.69, 9.17) is 0 Å². The van der Waals surface area contributed by atoms with Crippen molar-refractivity contribution in [1.29, 1.82) is 0 Å². The van der Waals surface area contributed by atoms with Gasteiger partial charge in [-0.1, -0.05) is 0 Å². The maximum atomic E-state index is 11.4. The van der Waals surface area contributed by atoms with Crippen molar-refractivity contribution < 1.29 is 4.79 Å². The first-order valence-corrected chi connectivity index (χ1v) is 6.87. The van der Waals surface area contributed by atoms with Crippen LogP contribution < -0.4 is 4.90 Å². The average Bonchev–Trinajstić information content (AvgIpc) is 2.52. The maximum absolute atomic E-state index is 11.4. The molecule has 0 spiro atoms. The molecule has 0 N–H and O–H groups in total. The number of nitrogens with zero attached hydrogens (tertiary/aromatic N) is 4. The second-order valence-electron chi connectivity index (χ2n) is 4.44. The maximum Gasteiger partial charge on any atom is 0.219 e. The molecule has 0 atom stereocenters. The molecule has 0 aromatic carbocycles. The minimum Gasteiger partial charge on any atom is -0.355 e. The Balaban J connectivity index is 2.12. The Morgan fingerprint density at radius 2 is 2.06 bits per heavy atom. The molecular formula is C12H17BrN4O. The van der Waals surface area contributed by atoms with Crippen molar-refractivity contribution in [1.82, 2.24) is 14.9 Å². The molecule has 18 heavy (non-hydrogen) atoms. The van der Waals surface area contributed by atoms with Gasteiger partial charge < -0.3 is 9.80 Å². The summed E-state index contributed by atoms with van der Waals surface area (Å²) >= 11 is 3.39. The third-order valence-electron chi connectivity index (χ3n) is 3.06. The van der Waals surface area contributed by atoms with E-state index in [0.717, 1.165) is 48.8 Å². The van der Waals surface area contributed by atoms with Crippen LogP contribution in [0.3, 0.4) is 0 Å². The summed E-state index contributed by atoms with van der Waals surface area (Å²) in [4.78, 5) is 24.1. The lowest BCUT2D eigenvalue weighted by atomic mass is 10.3. The van der Waals surface area contributed by atoms with Crippen LogP contribution in [0, 0.1) is 6.92 Å². The zero-order valence-corrected chi connectivity index (χ0v) is 12.3. The van der Waals surface area contributed by atoms with Gasteiger partial charge in [-0.25, -0.2) is 9.97 Å². The van der Waals surface area contributed by atoms with Crippen LogP contribution in [0.15, 0.2) is 10.7 Å². The molecule has 98 valence electrons. The number of carbonyl (C=O) groups excluding carboxylic acids is 1.